The van der Waals surface area contributed by atoms with Gasteiger partial charge in [0.25, 0.3) is 5.91 Å². The number of hydrogen-bond acceptors (Lipinski definition) is 5. The van der Waals surface area contributed by atoms with Crippen molar-refractivity contribution in [3.05, 3.63) is 41.2 Å². The molecule has 0 saturated carbocycles. The number of nitrogens with one attached hydrogen (secondary N) is 1. The lowest BCUT2D eigenvalue weighted by Gasteiger charge is -2.27. The summed E-state index contributed by atoms with van der Waals surface area (Å²) in [6.45, 7) is 4.97. The van der Waals surface area contributed by atoms with Gasteiger partial charge in [-0.15, -0.1) is 0 Å². The Morgan fingerprint density at radius 3 is 2.69 bits per heavy atom. The lowest BCUT2D eigenvalue weighted by Crippen LogP contribution is -2.40. The first-order valence-electron chi connectivity index (χ1n) is 9.11. The smallest absolute Gasteiger partial charge is 0.407 e. The van der Waals surface area contributed by atoms with Crippen LogP contribution in [0.4, 0.5) is 9.18 Å². The van der Waals surface area contributed by atoms with Crippen molar-refractivity contribution in [2.75, 3.05) is 26.2 Å². The molecule has 0 saturated heterocycles. The van der Waals surface area contributed by atoms with Crippen molar-refractivity contribution in [1.29, 1.82) is 0 Å². The van der Waals surface area contributed by atoms with E-state index in [1.165, 1.54) is 4.90 Å². The average molecular weight is 408 g/mol. The fourth-order valence-electron chi connectivity index (χ4n) is 2.71. The third-order valence-electron chi connectivity index (χ3n) is 4.01. The van der Waals surface area contributed by atoms with Crippen LogP contribution in [0, 0.1) is 0 Å². The molecule has 1 aliphatic rings. The Morgan fingerprint density at radius 2 is 2.07 bits per heavy atom. The van der Waals surface area contributed by atoms with Crippen LogP contribution < -0.4 is 10.1 Å². The largest absolute Gasteiger partial charge is 0.489 e. The molecule has 0 aromatic heterocycles. The number of benzene rings is 1. The zero-order valence-corrected chi connectivity index (χ0v) is 16.7. The summed E-state index contributed by atoms with van der Waals surface area (Å²) < 4.78 is 23.7. The first-order chi connectivity index (χ1) is 13.6. The van der Waals surface area contributed by atoms with Gasteiger partial charge in [0.1, 0.15) is 24.5 Å². The number of carboxylic acids is 1. The zero-order valence-electron chi connectivity index (χ0n) is 16.7. The molecule has 8 nitrogen and oxygen atoms in total. The second kappa shape index (κ2) is 9.40. The minimum atomic E-state index is -1.06. The lowest BCUT2D eigenvalue weighted by molar-refractivity contribution is -0.137. The molecule has 2 N–H and O–H groups in total. The molecule has 0 bridgehead atoms. The van der Waals surface area contributed by atoms with Gasteiger partial charge in [-0.05, 0) is 51.0 Å². The van der Waals surface area contributed by atoms with Crippen LogP contribution in [0.5, 0.6) is 5.75 Å². The number of rotatable bonds is 7. The van der Waals surface area contributed by atoms with Gasteiger partial charge in [0.05, 0.1) is 6.33 Å². The van der Waals surface area contributed by atoms with Gasteiger partial charge in [0.2, 0.25) is 0 Å². The molecule has 0 fully saturated rings. The number of carbonyl (C=O) groups excluding carboxylic acids is 2. The number of fused-ring (bicyclic) bond motifs is 1. The molecule has 1 aliphatic heterocycles. The van der Waals surface area contributed by atoms with Gasteiger partial charge < -0.3 is 24.8 Å². The number of nitrogens with zero attached hydrogens (tertiary/aromatic N) is 1. The van der Waals surface area contributed by atoms with Crippen LogP contribution in [0.3, 0.4) is 0 Å². The van der Waals surface area contributed by atoms with Gasteiger partial charge in [0, 0.05) is 24.2 Å². The SMILES string of the molecule is CC(C)(C)OC(=O)NC/C(=C/F)COc1ccc2c(c1)CCN(CC(=O)O)C2=O. The molecule has 1 aromatic rings. The van der Waals surface area contributed by atoms with Crippen molar-refractivity contribution in [2.24, 2.45) is 0 Å². The third kappa shape index (κ3) is 6.78. The Morgan fingerprint density at radius 1 is 1.34 bits per heavy atom. The molecule has 0 unspecified atom stereocenters. The molecule has 29 heavy (non-hydrogen) atoms. The summed E-state index contributed by atoms with van der Waals surface area (Å²) in [6.07, 6.45) is 0.204. The highest BCUT2D eigenvalue weighted by Gasteiger charge is 2.26. The van der Waals surface area contributed by atoms with Crippen LogP contribution in [0.2, 0.25) is 0 Å². The van der Waals surface area contributed by atoms with E-state index in [2.05, 4.69) is 5.32 Å². The average Bonchev–Trinajstić information content (AvgIpc) is 2.62. The van der Waals surface area contributed by atoms with Crippen molar-refractivity contribution in [3.63, 3.8) is 0 Å². The Hall–Kier alpha value is -3.10. The van der Waals surface area contributed by atoms with Gasteiger partial charge in [-0.25, -0.2) is 9.18 Å². The van der Waals surface area contributed by atoms with E-state index in [4.69, 9.17) is 14.6 Å². The summed E-state index contributed by atoms with van der Waals surface area (Å²) >= 11 is 0. The predicted molar refractivity (Wildman–Crippen MR) is 103 cm³/mol. The van der Waals surface area contributed by atoms with Crippen LogP contribution in [0.25, 0.3) is 0 Å². The van der Waals surface area contributed by atoms with E-state index in [0.29, 0.717) is 30.6 Å². The number of alkyl carbamates (subject to hydrolysis) is 1. The number of amides is 2. The first-order valence-corrected chi connectivity index (χ1v) is 9.11. The van der Waals surface area contributed by atoms with Crippen LogP contribution in [-0.2, 0) is 16.0 Å². The summed E-state index contributed by atoms with van der Waals surface area (Å²) in [5, 5.41) is 11.3. The zero-order chi connectivity index (χ0) is 21.6. The summed E-state index contributed by atoms with van der Waals surface area (Å²) in [5.74, 6) is -0.960. The quantitative estimate of drug-likeness (QED) is 0.718. The van der Waals surface area contributed by atoms with Crippen molar-refractivity contribution in [1.82, 2.24) is 10.2 Å². The van der Waals surface area contributed by atoms with Crippen molar-refractivity contribution < 1.29 is 33.4 Å². The van der Waals surface area contributed by atoms with Crippen molar-refractivity contribution in [3.8, 4) is 5.75 Å². The summed E-state index contributed by atoms with van der Waals surface area (Å²) in [5.41, 5.74) is 0.725. The lowest BCUT2D eigenvalue weighted by atomic mass is 9.98. The van der Waals surface area contributed by atoms with Gasteiger partial charge in [-0.3, -0.25) is 9.59 Å². The van der Waals surface area contributed by atoms with E-state index in [-0.39, 0.29) is 31.2 Å². The molecule has 9 heteroatoms. The number of hydrogen-bond donors (Lipinski definition) is 2. The highest BCUT2D eigenvalue weighted by Crippen LogP contribution is 2.24. The fourth-order valence-corrected chi connectivity index (χ4v) is 2.71. The highest BCUT2D eigenvalue weighted by atomic mass is 19.1. The molecule has 0 radical (unpaired) electrons. The van der Waals surface area contributed by atoms with Crippen LogP contribution in [-0.4, -0.2) is 59.8 Å². The monoisotopic (exact) mass is 408 g/mol. The van der Waals surface area contributed by atoms with E-state index in [0.717, 1.165) is 5.56 Å². The highest BCUT2D eigenvalue weighted by molar-refractivity contribution is 5.98. The van der Waals surface area contributed by atoms with Crippen molar-refractivity contribution in [2.45, 2.75) is 32.8 Å². The van der Waals surface area contributed by atoms with E-state index in [1.807, 2.05) is 0 Å². The summed E-state index contributed by atoms with van der Waals surface area (Å²) in [7, 11) is 0. The molecule has 158 valence electrons. The van der Waals surface area contributed by atoms with Gasteiger partial charge in [0.15, 0.2) is 0 Å². The Kier molecular flexibility index (Phi) is 7.19. The van der Waals surface area contributed by atoms with Gasteiger partial charge >= 0.3 is 12.1 Å². The molecule has 1 heterocycles. The number of carboxylic acid groups (broad SMARTS) is 1. The second-order valence-electron chi connectivity index (χ2n) is 7.60. The second-order valence-corrected chi connectivity index (χ2v) is 7.60. The van der Waals surface area contributed by atoms with Crippen LogP contribution in [0.15, 0.2) is 30.1 Å². The maximum absolute atomic E-state index is 13.1. The molecule has 2 amide bonds. The topological polar surface area (TPSA) is 105 Å². The number of aliphatic carboxylic acids is 1. The summed E-state index contributed by atoms with van der Waals surface area (Å²) in [4.78, 5) is 36.1. The predicted octanol–water partition coefficient (Wildman–Crippen LogP) is 2.53. The van der Waals surface area contributed by atoms with Crippen LogP contribution in [0.1, 0.15) is 36.7 Å². The van der Waals surface area contributed by atoms with E-state index >= 15 is 0 Å². The standard InChI is InChI=1S/C20H25FN2O6/c1-20(2,3)29-19(27)22-10-13(9-21)12-28-15-4-5-16-14(8-15)6-7-23(18(16)26)11-17(24)25/h4-5,8-9H,6-7,10-12H2,1-3H3,(H,22,27)(H,24,25)/b13-9-. The number of ether oxygens (including phenoxy) is 2. The van der Waals surface area contributed by atoms with Gasteiger partial charge in [-0.2, -0.15) is 0 Å². The molecular weight excluding hydrogens is 383 g/mol. The minimum absolute atomic E-state index is 0.0704. The molecule has 0 aliphatic carbocycles. The Bertz CT molecular complexity index is 816. The van der Waals surface area contributed by atoms with Gasteiger partial charge in [-0.1, -0.05) is 0 Å². The van der Waals surface area contributed by atoms with Crippen molar-refractivity contribution >= 4 is 18.0 Å². The Balaban J connectivity index is 1.92. The van der Waals surface area contributed by atoms with E-state index in [1.54, 1.807) is 39.0 Å². The minimum Gasteiger partial charge on any atom is -0.489 e. The van der Waals surface area contributed by atoms with Crippen LogP contribution >= 0.6 is 0 Å². The number of carbonyl (C=O) groups is 3. The molecule has 0 spiro atoms. The normalized spacial score (nSPS) is 14.3. The van der Waals surface area contributed by atoms with E-state index in [9.17, 15) is 18.8 Å². The first kappa shape index (κ1) is 22.2. The summed E-state index contributed by atoms with van der Waals surface area (Å²) in [6, 6.07) is 4.82. The Labute approximate surface area is 168 Å². The molecular formula is C20H25FN2O6. The number of halogens is 1. The molecule has 1 aromatic carbocycles. The molecule has 0 atom stereocenters. The molecule has 2 rings (SSSR count). The fraction of sp³-hybridized carbons (Fsp3) is 0.450. The maximum atomic E-state index is 13.1. The van der Waals surface area contributed by atoms with E-state index < -0.39 is 17.7 Å². The maximum Gasteiger partial charge on any atom is 0.407 e. The third-order valence-corrected chi connectivity index (χ3v) is 4.01.